The summed E-state index contributed by atoms with van der Waals surface area (Å²) in [4.78, 5) is 9.44. The van der Waals surface area contributed by atoms with Gasteiger partial charge >= 0.3 is 0 Å². The summed E-state index contributed by atoms with van der Waals surface area (Å²) >= 11 is 1.56. The van der Waals surface area contributed by atoms with Crippen LogP contribution < -0.4 is 0 Å². The van der Waals surface area contributed by atoms with E-state index >= 15 is 0 Å². The first kappa shape index (κ1) is 11.2. The molecule has 3 nitrogen and oxygen atoms in total. The van der Waals surface area contributed by atoms with Crippen molar-refractivity contribution in [1.82, 2.24) is 9.97 Å². The minimum absolute atomic E-state index is 0.492. The van der Waals surface area contributed by atoms with Crippen molar-refractivity contribution in [2.45, 2.75) is 26.4 Å². The lowest BCUT2D eigenvalue weighted by Gasteiger charge is -2.12. The van der Waals surface area contributed by atoms with Crippen molar-refractivity contribution in [3.05, 3.63) is 45.7 Å². The molecule has 1 atom stereocenters. The van der Waals surface area contributed by atoms with E-state index in [4.69, 9.17) is 0 Å². The zero-order valence-corrected chi connectivity index (χ0v) is 10.2. The van der Waals surface area contributed by atoms with E-state index in [0.717, 1.165) is 21.8 Å². The quantitative estimate of drug-likeness (QED) is 0.887. The smallest absolute Gasteiger partial charge is 0.0856 e. The van der Waals surface area contributed by atoms with Crippen LogP contribution in [0.1, 0.15) is 27.9 Å². The highest BCUT2D eigenvalue weighted by Crippen LogP contribution is 2.22. The number of aromatic nitrogens is 2. The molecule has 1 unspecified atom stereocenters. The molecule has 0 saturated heterocycles. The van der Waals surface area contributed by atoms with Gasteiger partial charge in [-0.2, -0.15) is 0 Å². The van der Waals surface area contributed by atoms with Gasteiger partial charge in [-0.05, 0) is 19.9 Å². The monoisotopic (exact) mass is 234 g/mol. The molecule has 2 aromatic rings. The number of hydrogen-bond acceptors (Lipinski definition) is 4. The summed E-state index contributed by atoms with van der Waals surface area (Å²) in [5, 5.41) is 10.1. The molecular weight excluding hydrogens is 220 g/mol. The molecule has 84 valence electrons. The number of rotatable bonds is 3. The van der Waals surface area contributed by atoms with Gasteiger partial charge in [-0.3, -0.25) is 9.97 Å². The molecule has 2 heterocycles. The summed E-state index contributed by atoms with van der Waals surface area (Å²) in [6.07, 6.45) is 1.91. The van der Waals surface area contributed by atoms with Crippen molar-refractivity contribution in [3.8, 4) is 0 Å². The van der Waals surface area contributed by atoms with E-state index in [1.807, 2.05) is 26.0 Å². The van der Waals surface area contributed by atoms with Gasteiger partial charge in [-0.1, -0.05) is 6.07 Å². The molecular formula is C12H14N2OS. The standard InChI is InChI=1S/C12H14N2OS/c1-8-3-4-11(9(2)14-8)12(15)5-10-6-13-7-16-10/h3-4,6-7,12,15H,5H2,1-2H3. The fraction of sp³-hybridized carbons (Fsp3) is 0.333. The van der Waals surface area contributed by atoms with Gasteiger partial charge in [0.15, 0.2) is 0 Å². The number of pyridine rings is 1. The maximum absolute atomic E-state index is 10.1. The predicted molar refractivity (Wildman–Crippen MR) is 64.5 cm³/mol. The van der Waals surface area contributed by atoms with Crippen molar-refractivity contribution in [3.63, 3.8) is 0 Å². The Bertz CT molecular complexity index is 468. The van der Waals surface area contributed by atoms with Crippen molar-refractivity contribution < 1.29 is 5.11 Å². The maximum Gasteiger partial charge on any atom is 0.0856 e. The number of nitrogens with zero attached hydrogens (tertiary/aromatic N) is 2. The number of aryl methyl sites for hydroxylation is 2. The van der Waals surface area contributed by atoms with Crippen LogP contribution in [0.25, 0.3) is 0 Å². The first-order valence-corrected chi connectivity index (χ1v) is 6.04. The summed E-state index contributed by atoms with van der Waals surface area (Å²) in [7, 11) is 0. The first-order chi connectivity index (χ1) is 7.66. The Morgan fingerprint density at radius 1 is 1.38 bits per heavy atom. The van der Waals surface area contributed by atoms with E-state index < -0.39 is 6.10 Å². The van der Waals surface area contributed by atoms with Crippen LogP contribution in [0.5, 0.6) is 0 Å². The third-order valence-electron chi connectivity index (χ3n) is 2.50. The highest BCUT2D eigenvalue weighted by Gasteiger charge is 2.12. The zero-order valence-electron chi connectivity index (χ0n) is 9.34. The van der Waals surface area contributed by atoms with Gasteiger partial charge in [0.25, 0.3) is 0 Å². The van der Waals surface area contributed by atoms with Crippen LogP contribution in [0.3, 0.4) is 0 Å². The Morgan fingerprint density at radius 3 is 2.81 bits per heavy atom. The molecule has 0 aliphatic heterocycles. The highest BCUT2D eigenvalue weighted by molar-refractivity contribution is 7.09. The lowest BCUT2D eigenvalue weighted by atomic mass is 10.0. The lowest BCUT2D eigenvalue weighted by molar-refractivity contribution is 0.178. The summed E-state index contributed by atoms with van der Waals surface area (Å²) in [6.45, 7) is 3.88. The van der Waals surface area contributed by atoms with Gasteiger partial charge in [-0.15, -0.1) is 11.3 Å². The average molecular weight is 234 g/mol. The van der Waals surface area contributed by atoms with Crippen molar-refractivity contribution in [1.29, 1.82) is 0 Å². The van der Waals surface area contributed by atoms with Crippen LogP contribution in [0.4, 0.5) is 0 Å². The van der Waals surface area contributed by atoms with Gasteiger partial charge in [-0.25, -0.2) is 0 Å². The average Bonchev–Trinajstić information content (AvgIpc) is 2.70. The summed E-state index contributed by atoms with van der Waals surface area (Å²) < 4.78 is 0. The van der Waals surface area contributed by atoms with E-state index in [1.54, 1.807) is 23.0 Å². The van der Waals surface area contributed by atoms with Crippen molar-refractivity contribution in [2.75, 3.05) is 0 Å². The molecule has 0 bridgehead atoms. The molecule has 0 aliphatic rings. The molecule has 0 saturated carbocycles. The SMILES string of the molecule is Cc1ccc(C(O)Cc2cncs2)c(C)n1. The fourth-order valence-corrected chi connectivity index (χ4v) is 2.33. The second-order valence-electron chi connectivity index (χ2n) is 3.81. The molecule has 0 amide bonds. The molecule has 0 aliphatic carbocycles. The summed E-state index contributed by atoms with van der Waals surface area (Å²) in [5.74, 6) is 0. The third-order valence-corrected chi connectivity index (χ3v) is 3.30. The van der Waals surface area contributed by atoms with Gasteiger partial charge in [0.1, 0.15) is 0 Å². The number of hydrogen-bond donors (Lipinski definition) is 1. The summed E-state index contributed by atoms with van der Waals surface area (Å²) in [6, 6.07) is 3.88. The third kappa shape index (κ3) is 2.46. The molecule has 4 heteroatoms. The van der Waals surface area contributed by atoms with Gasteiger partial charge in [0, 0.05) is 34.4 Å². The Morgan fingerprint density at radius 2 is 2.19 bits per heavy atom. The molecule has 0 spiro atoms. The minimum atomic E-state index is -0.492. The molecule has 1 N–H and O–H groups in total. The van der Waals surface area contributed by atoms with Crippen molar-refractivity contribution >= 4 is 11.3 Å². The predicted octanol–water partition coefficient (Wildman–Crippen LogP) is 2.43. The van der Waals surface area contributed by atoms with E-state index in [0.29, 0.717) is 6.42 Å². The fourth-order valence-electron chi connectivity index (χ4n) is 1.69. The lowest BCUT2D eigenvalue weighted by Crippen LogP contribution is -2.04. The number of aliphatic hydroxyl groups is 1. The molecule has 2 aromatic heterocycles. The van der Waals surface area contributed by atoms with Crippen LogP contribution in [-0.2, 0) is 6.42 Å². The molecule has 0 aromatic carbocycles. The number of thiazole rings is 1. The Hall–Kier alpha value is -1.26. The van der Waals surface area contributed by atoms with Crippen LogP contribution in [0.2, 0.25) is 0 Å². The Labute approximate surface area is 98.8 Å². The zero-order chi connectivity index (χ0) is 11.5. The second kappa shape index (κ2) is 4.72. The molecule has 16 heavy (non-hydrogen) atoms. The Balaban J connectivity index is 2.17. The first-order valence-electron chi connectivity index (χ1n) is 5.16. The van der Waals surface area contributed by atoms with Crippen LogP contribution in [0, 0.1) is 13.8 Å². The summed E-state index contributed by atoms with van der Waals surface area (Å²) in [5.41, 5.74) is 4.56. The Kier molecular flexibility index (Phi) is 3.31. The van der Waals surface area contributed by atoms with E-state index in [1.165, 1.54) is 0 Å². The topological polar surface area (TPSA) is 46.0 Å². The normalized spacial score (nSPS) is 12.7. The van der Waals surface area contributed by atoms with Crippen LogP contribution in [-0.4, -0.2) is 15.1 Å². The van der Waals surface area contributed by atoms with Crippen LogP contribution in [0.15, 0.2) is 23.8 Å². The van der Waals surface area contributed by atoms with Crippen LogP contribution >= 0.6 is 11.3 Å². The van der Waals surface area contributed by atoms with E-state index in [-0.39, 0.29) is 0 Å². The maximum atomic E-state index is 10.1. The highest BCUT2D eigenvalue weighted by atomic mass is 32.1. The van der Waals surface area contributed by atoms with Crippen molar-refractivity contribution in [2.24, 2.45) is 0 Å². The largest absolute Gasteiger partial charge is 0.388 e. The van der Waals surface area contributed by atoms with E-state index in [9.17, 15) is 5.11 Å². The molecule has 0 radical (unpaired) electrons. The van der Waals surface area contributed by atoms with Gasteiger partial charge < -0.3 is 5.11 Å². The second-order valence-corrected chi connectivity index (χ2v) is 4.79. The van der Waals surface area contributed by atoms with Gasteiger partial charge in [0.2, 0.25) is 0 Å². The molecule has 2 rings (SSSR count). The van der Waals surface area contributed by atoms with Gasteiger partial charge in [0.05, 0.1) is 11.6 Å². The number of aliphatic hydroxyl groups excluding tert-OH is 1. The minimum Gasteiger partial charge on any atom is -0.388 e. The van der Waals surface area contributed by atoms with E-state index in [2.05, 4.69) is 9.97 Å². The molecule has 0 fully saturated rings.